The fraction of sp³-hybridized carbons (Fsp3) is 0.222. The van der Waals surface area contributed by atoms with Crippen molar-refractivity contribution < 1.29 is 23.5 Å². The molecule has 0 spiro atoms. The van der Waals surface area contributed by atoms with E-state index in [1.54, 1.807) is 24.3 Å². The highest BCUT2D eigenvalue weighted by Gasteiger charge is 2.30. The van der Waals surface area contributed by atoms with Crippen molar-refractivity contribution in [3.05, 3.63) is 52.3 Å². The van der Waals surface area contributed by atoms with Gasteiger partial charge in [0.2, 0.25) is 6.10 Å². The monoisotopic (exact) mass is 420 g/mol. The fourth-order valence-electron chi connectivity index (χ4n) is 2.73. The number of hydrogen-bond donors (Lipinski definition) is 1. The van der Waals surface area contributed by atoms with E-state index in [0.29, 0.717) is 46.1 Å². The SMILES string of the molecule is O=C(Nc1cc2c(cc1Br)OCCO2)C1CC(c2cccc(F)c2)=NO1. The van der Waals surface area contributed by atoms with Crippen LogP contribution in [0.5, 0.6) is 11.5 Å². The van der Waals surface area contributed by atoms with Crippen LogP contribution in [0.1, 0.15) is 12.0 Å². The number of oxime groups is 1. The van der Waals surface area contributed by atoms with E-state index in [0.717, 1.165) is 0 Å². The number of hydrogen-bond acceptors (Lipinski definition) is 5. The molecule has 8 heteroatoms. The molecule has 6 nitrogen and oxygen atoms in total. The van der Waals surface area contributed by atoms with Gasteiger partial charge in [-0.3, -0.25) is 4.79 Å². The summed E-state index contributed by atoms with van der Waals surface area (Å²) in [4.78, 5) is 17.7. The van der Waals surface area contributed by atoms with E-state index in [9.17, 15) is 9.18 Å². The first-order valence-corrected chi connectivity index (χ1v) is 8.78. The van der Waals surface area contributed by atoms with Gasteiger partial charge in [-0.15, -0.1) is 0 Å². The summed E-state index contributed by atoms with van der Waals surface area (Å²) in [5.74, 6) is 0.476. The van der Waals surface area contributed by atoms with Crippen molar-refractivity contribution in [2.24, 2.45) is 5.16 Å². The number of ether oxygens (including phenoxy) is 2. The highest BCUT2D eigenvalue weighted by molar-refractivity contribution is 9.10. The Labute approximate surface area is 157 Å². The maximum absolute atomic E-state index is 13.3. The molecular formula is C18H14BrFN2O4. The zero-order valence-electron chi connectivity index (χ0n) is 13.5. The summed E-state index contributed by atoms with van der Waals surface area (Å²) in [6.45, 7) is 0.944. The quantitative estimate of drug-likeness (QED) is 0.824. The first-order valence-electron chi connectivity index (χ1n) is 7.99. The van der Waals surface area contributed by atoms with Gasteiger partial charge in [-0.2, -0.15) is 0 Å². The molecule has 0 radical (unpaired) electrons. The summed E-state index contributed by atoms with van der Waals surface area (Å²) in [5.41, 5.74) is 1.67. The Balaban J connectivity index is 1.45. The fourth-order valence-corrected chi connectivity index (χ4v) is 3.15. The summed E-state index contributed by atoms with van der Waals surface area (Å²) < 4.78 is 25.0. The minimum absolute atomic E-state index is 0.261. The third kappa shape index (κ3) is 3.37. The molecule has 1 N–H and O–H groups in total. The van der Waals surface area contributed by atoms with Crippen molar-refractivity contribution in [1.82, 2.24) is 0 Å². The van der Waals surface area contributed by atoms with Gasteiger partial charge < -0.3 is 19.6 Å². The molecule has 0 fully saturated rings. The molecule has 0 aromatic heterocycles. The van der Waals surface area contributed by atoms with E-state index >= 15 is 0 Å². The third-order valence-corrected chi connectivity index (χ3v) is 4.66. The molecule has 0 bridgehead atoms. The number of halogens is 2. The molecule has 0 aliphatic carbocycles. The second kappa shape index (κ2) is 6.95. The maximum Gasteiger partial charge on any atom is 0.268 e. The molecule has 26 heavy (non-hydrogen) atoms. The van der Waals surface area contributed by atoms with Crippen LogP contribution >= 0.6 is 15.9 Å². The van der Waals surface area contributed by atoms with E-state index in [1.165, 1.54) is 12.1 Å². The van der Waals surface area contributed by atoms with Gasteiger partial charge in [-0.25, -0.2) is 4.39 Å². The summed E-state index contributed by atoms with van der Waals surface area (Å²) >= 11 is 3.41. The molecular weight excluding hydrogens is 407 g/mol. The molecule has 2 aliphatic heterocycles. The predicted molar refractivity (Wildman–Crippen MR) is 96.2 cm³/mol. The lowest BCUT2D eigenvalue weighted by Gasteiger charge is -2.20. The minimum Gasteiger partial charge on any atom is -0.486 e. The van der Waals surface area contributed by atoms with Gasteiger partial charge >= 0.3 is 0 Å². The number of nitrogens with one attached hydrogen (secondary N) is 1. The molecule has 1 amide bonds. The lowest BCUT2D eigenvalue weighted by molar-refractivity contribution is -0.125. The molecule has 2 aromatic carbocycles. The van der Waals surface area contributed by atoms with Crippen molar-refractivity contribution in [2.45, 2.75) is 12.5 Å². The summed E-state index contributed by atoms with van der Waals surface area (Å²) in [5, 5.41) is 6.71. The van der Waals surface area contributed by atoms with Crippen LogP contribution in [0.4, 0.5) is 10.1 Å². The molecule has 2 heterocycles. The van der Waals surface area contributed by atoms with Crippen molar-refractivity contribution >= 4 is 33.2 Å². The van der Waals surface area contributed by atoms with Crippen LogP contribution in [0.3, 0.4) is 0 Å². The number of nitrogens with zero attached hydrogens (tertiary/aromatic N) is 1. The largest absolute Gasteiger partial charge is 0.486 e. The van der Waals surface area contributed by atoms with Gasteiger partial charge in [-0.1, -0.05) is 17.3 Å². The van der Waals surface area contributed by atoms with Crippen LogP contribution in [-0.4, -0.2) is 30.9 Å². The van der Waals surface area contributed by atoms with Crippen molar-refractivity contribution in [1.29, 1.82) is 0 Å². The standard InChI is InChI=1S/C18H14BrFN2O4/c19-12-7-15-16(25-5-4-24-15)9-14(12)21-18(23)17-8-13(22-26-17)10-2-1-3-11(20)6-10/h1-3,6-7,9,17H,4-5,8H2,(H,21,23). The van der Waals surface area contributed by atoms with Gasteiger partial charge in [-0.05, 0) is 28.1 Å². The molecule has 2 aliphatic rings. The Morgan fingerprint density at radius 3 is 2.73 bits per heavy atom. The number of amides is 1. The zero-order chi connectivity index (χ0) is 18.1. The number of carbonyl (C=O) groups is 1. The Bertz CT molecular complexity index is 903. The Hall–Kier alpha value is -2.61. The van der Waals surface area contributed by atoms with Crippen molar-refractivity contribution in [3.63, 3.8) is 0 Å². The molecule has 0 saturated carbocycles. The van der Waals surface area contributed by atoms with Gasteiger partial charge in [0.15, 0.2) is 11.5 Å². The summed E-state index contributed by atoms with van der Waals surface area (Å²) in [6.07, 6.45) is -0.523. The van der Waals surface area contributed by atoms with Crippen molar-refractivity contribution in [2.75, 3.05) is 18.5 Å². The lowest BCUT2D eigenvalue weighted by Crippen LogP contribution is -2.28. The van der Waals surface area contributed by atoms with Crippen LogP contribution in [0, 0.1) is 5.82 Å². The van der Waals surface area contributed by atoms with Crippen LogP contribution in [-0.2, 0) is 9.63 Å². The minimum atomic E-state index is -0.784. The van der Waals surface area contributed by atoms with Crippen LogP contribution < -0.4 is 14.8 Å². The average Bonchev–Trinajstić information content (AvgIpc) is 3.13. The molecule has 1 atom stereocenters. The first kappa shape index (κ1) is 16.8. The Morgan fingerprint density at radius 1 is 1.19 bits per heavy atom. The van der Waals surface area contributed by atoms with Crippen LogP contribution in [0.2, 0.25) is 0 Å². The van der Waals surface area contributed by atoms with E-state index in [2.05, 4.69) is 26.4 Å². The normalized spacial score (nSPS) is 18.1. The van der Waals surface area contributed by atoms with Gasteiger partial charge in [0, 0.05) is 28.6 Å². The van der Waals surface area contributed by atoms with Crippen molar-refractivity contribution in [3.8, 4) is 11.5 Å². The van der Waals surface area contributed by atoms with Gasteiger partial charge in [0.25, 0.3) is 5.91 Å². The second-order valence-corrected chi connectivity index (χ2v) is 6.67. The third-order valence-electron chi connectivity index (χ3n) is 4.01. The van der Waals surface area contributed by atoms with E-state index in [1.807, 2.05) is 0 Å². The average molecular weight is 421 g/mol. The molecule has 1 unspecified atom stereocenters. The number of benzene rings is 2. The molecule has 2 aromatic rings. The van der Waals surface area contributed by atoms with E-state index < -0.39 is 6.10 Å². The second-order valence-electron chi connectivity index (χ2n) is 5.81. The molecule has 4 rings (SSSR count). The maximum atomic E-state index is 13.3. The highest BCUT2D eigenvalue weighted by Crippen LogP contribution is 2.38. The zero-order valence-corrected chi connectivity index (χ0v) is 15.1. The first-order chi connectivity index (χ1) is 12.6. The number of carbonyl (C=O) groups excluding carboxylic acids is 1. The Kier molecular flexibility index (Phi) is 4.50. The highest BCUT2D eigenvalue weighted by atomic mass is 79.9. The molecule has 0 saturated heterocycles. The Morgan fingerprint density at radius 2 is 1.96 bits per heavy atom. The number of fused-ring (bicyclic) bond motifs is 1. The van der Waals surface area contributed by atoms with Gasteiger partial charge in [0.05, 0.1) is 11.4 Å². The van der Waals surface area contributed by atoms with E-state index in [4.69, 9.17) is 14.3 Å². The van der Waals surface area contributed by atoms with Gasteiger partial charge in [0.1, 0.15) is 19.0 Å². The van der Waals surface area contributed by atoms with Crippen LogP contribution in [0.25, 0.3) is 0 Å². The van der Waals surface area contributed by atoms with E-state index in [-0.39, 0.29) is 18.1 Å². The number of anilines is 1. The topological polar surface area (TPSA) is 69.2 Å². The summed E-state index contributed by atoms with van der Waals surface area (Å²) in [6, 6.07) is 9.47. The summed E-state index contributed by atoms with van der Waals surface area (Å²) in [7, 11) is 0. The van der Waals surface area contributed by atoms with Crippen LogP contribution in [0.15, 0.2) is 46.0 Å². The lowest BCUT2D eigenvalue weighted by atomic mass is 10.0. The molecule has 134 valence electrons. The number of rotatable bonds is 3. The predicted octanol–water partition coefficient (Wildman–Crippen LogP) is 3.49. The smallest absolute Gasteiger partial charge is 0.268 e.